The normalized spacial score (nSPS) is 19.9. The maximum Gasteiger partial charge on any atom is 0.289 e. The third kappa shape index (κ3) is 2.73. The number of primary sulfonamides is 1. The quantitative estimate of drug-likeness (QED) is 0.915. The molecule has 1 aromatic heterocycles. The molecule has 6 nitrogen and oxygen atoms in total. The average molecular weight is 300 g/mol. The zero-order valence-corrected chi connectivity index (χ0v) is 12.7. The number of amides is 1. The number of aryl methyl sites for hydroxylation is 1. The largest absolute Gasteiger partial charge is 0.455 e. The predicted octanol–water partition coefficient (Wildman–Crippen LogP) is 1.50. The number of carbonyl (C=O) groups is 1. The van der Waals surface area contributed by atoms with Crippen LogP contribution in [0, 0.1) is 12.8 Å². The fourth-order valence-electron chi connectivity index (χ4n) is 2.73. The summed E-state index contributed by atoms with van der Waals surface area (Å²) in [6.07, 6.45) is 1.92. The molecule has 2 heterocycles. The van der Waals surface area contributed by atoms with Gasteiger partial charge in [0.05, 0.1) is 0 Å². The minimum atomic E-state index is -3.86. The minimum absolute atomic E-state index is 0.0408. The second-order valence-electron chi connectivity index (χ2n) is 5.53. The minimum Gasteiger partial charge on any atom is -0.455 e. The Balaban J connectivity index is 2.31. The Bertz CT molecular complexity index is 618. The molecule has 2 rings (SSSR count). The molecule has 2 N–H and O–H groups in total. The highest BCUT2D eigenvalue weighted by molar-refractivity contribution is 7.89. The van der Waals surface area contributed by atoms with Crippen LogP contribution < -0.4 is 5.14 Å². The van der Waals surface area contributed by atoms with Gasteiger partial charge in [-0.3, -0.25) is 4.79 Å². The van der Waals surface area contributed by atoms with Crippen LogP contribution in [0.4, 0.5) is 0 Å². The molecule has 1 amide bonds. The van der Waals surface area contributed by atoms with E-state index in [0.29, 0.717) is 12.5 Å². The lowest BCUT2D eigenvalue weighted by Gasteiger charge is -2.26. The van der Waals surface area contributed by atoms with Crippen molar-refractivity contribution in [1.29, 1.82) is 0 Å². The molecule has 0 saturated carbocycles. The maximum absolute atomic E-state index is 12.5. The summed E-state index contributed by atoms with van der Waals surface area (Å²) >= 11 is 0. The Morgan fingerprint density at radius 3 is 2.65 bits per heavy atom. The average Bonchev–Trinajstić information content (AvgIpc) is 2.92. The number of carbonyl (C=O) groups excluding carboxylic acids is 1. The number of sulfonamides is 1. The first kappa shape index (κ1) is 15.1. The number of furan rings is 1. The lowest BCUT2D eigenvalue weighted by atomic mass is 10.0. The van der Waals surface area contributed by atoms with Gasteiger partial charge in [0, 0.05) is 18.7 Å². The van der Waals surface area contributed by atoms with Crippen LogP contribution in [0.5, 0.6) is 0 Å². The first-order valence-electron chi connectivity index (χ1n) is 6.66. The van der Waals surface area contributed by atoms with Gasteiger partial charge in [-0.05, 0) is 25.7 Å². The SMILES string of the molecule is Cc1oc(C(=O)N2CCCC2C(C)C)cc1S(N)(=O)=O. The van der Waals surface area contributed by atoms with Crippen molar-refractivity contribution < 1.29 is 17.6 Å². The topological polar surface area (TPSA) is 93.6 Å². The van der Waals surface area contributed by atoms with Crippen LogP contribution in [0.25, 0.3) is 0 Å². The molecule has 20 heavy (non-hydrogen) atoms. The van der Waals surface area contributed by atoms with E-state index in [1.165, 1.54) is 13.0 Å². The predicted molar refractivity (Wildman–Crippen MR) is 73.7 cm³/mol. The van der Waals surface area contributed by atoms with Gasteiger partial charge in [-0.1, -0.05) is 13.8 Å². The highest BCUT2D eigenvalue weighted by atomic mass is 32.2. The van der Waals surface area contributed by atoms with E-state index in [1.807, 2.05) is 0 Å². The first-order chi connectivity index (χ1) is 9.21. The lowest BCUT2D eigenvalue weighted by Crippen LogP contribution is -2.38. The third-order valence-electron chi connectivity index (χ3n) is 3.72. The van der Waals surface area contributed by atoms with Crippen LogP contribution in [0.3, 0.4) is 0 Å². The van der Waals surface area contributed by atoms with Crippen molar-refractivity contribution in [2.24, 2.45) is 11.1 Å². The van der Waals surface area contributed by atoms with Gasteiger partial charge in [0.25, 0.3) is 5.91 Å². The molecule has 7 heteroatoms. The Kier molecular flexibility index (Phi) is 3.93. The van der Waals surface area contributed by atoms with E-state index in [9.17, 15) is 13.2 Å². The Labute approximate surface area is 119 Å². The summed E-state index contributed by atoms with van der Waals surface area (Å²) in [4.78, 5) is 14.1. The van der Waals surface area contributed by atoms with Gasteiger partial charge in [0.15, 0.2) is 5.76 Å². The van der Waals surface area contributed by atoms with E-state index in [-0.39, 0.29) is 28.4 Å². The van der Waals surface area contributed by atoms with Crippen LogP contribution in [0.15, 0.2) is 15.4 Å². The van der Waals surface area contributed by atoms with E-state index in [1.54, 1.807) is 4.90 Å². The van der Waals surface area contributed by atoms with Gasteiger partial charge >= 0.3 is 0 Å². The summed E-state index contributed by atoms with van der Waals surface area (Å²) in [7, 11) is -3.86. The van der Waals surface area contributed by atoms with Gasteiger partial charge in [0.1, 0.15) is 10.7 Å². The number of nitrogens with two attached hydrogens (primary N) is 1. The van der Waals surface area contributed by atoms with Gasteiger partial charge in [-0.15, -0.1) is 0 Å². The monoisotopic (exact) mass is 300 g/mol. The zero-order chi connectivity index (χ0) is 15.1. The van der Waals surface area contributed by atoms with Crippen molar-refractivity contribution >= 4 is 15.9 Å². The van der Waals surface area contributed by atoms with E-state index in [4.69, 9.17) is 9.56 Å². The van der Waals surface area contributed by atoms with Crippen LogP contribution in [-0.4, -0.2) is 31.8 Å². The second-order valence-corrected chi connectivity index (χ2v) is 7.06. The molecule has 0 radical (unpaired) electrons. The molecule has 1 saturated heterocycles. The Morgan fingerprint density at radius 1 is 1.50 bits per heavy atom. The van der Waals surface area contributed by atoms with Crippen molar-refractivity contribution in [3.63, 3.8) is 0 Å². The summed E-state index contributed by atoms with van der Waals surface area (Å²) in [5.74, 6) is 0.282. The summed E-state index contributed by atoms with van der Waals surface area (Å²) in [5.41, 5.74) is 0. The number of hydrogen-bond acceptors (Lipinski definition) is 4. The molecule has 0 aromatic carbocycles. The highest BCUT2D eigenvalue weighted by Crippen LogP contribution is 2.27. The second kappa shape index (κ2) is 5.21. The van der Waals surface area contributed by atoms with Crippen molar-refractivity contribution in [2.45, 2.75) is 44.6 Å². The molecule has 1 atom stereocenters. The van der Waals surface area contributed by atoms with Crippen LogP contribution in [0.1, 0.15) is 43.0 Å². The van der Waals surface area contributed by atoms with E-state index in [2.05, 4.69) is 13.8 Å². The van der Waals surface area contributed by atoms with Gasteiger partial charge in [-0.2, -0.15) is 0 Å². The first-order valence-corrected chi connectivity index (χ1v) is 8.20. The van der Waals surface area contributed by atoms with Gasteiger partial charge in [0.2, 0.25) is 10.0 Å². The summed E-state index contributed by atoms with van der Waals surface area (Å²) < 4.78 is 28.0. The number of likely N-dealkylation sites (tertiary alicyclic amines) is 1. The fraction of sp³-hybridized carbons (Fsp3) is 0.615. The fourth-order valence-corrected chi connectivity index (χ4v) is 3.45. The molecule has 1 aliphatic heterocycles. The lowest BCUT2D eigenvalue weighted by molar-refractivity contribution is 0.0668. The molecule has 1 aliphatic rings. The summed E-state index contributed by atoms with van der Waals surface area (Å²) in [6.45, 7) is 6.30. The molecule has 1 aromatic rings. The van der Waals surface area contributed by atoms with Gasteiger partial charge in [-0.25, -0.2) is 13.6 Å². The van der Waals surface area contributed by atoms with Gasteiger partial charge < -0.3 is 9.32 Å². The number of rotatable bonds is 3. The molecule has 0 aliphatic carbocycles. The highest BCUT2D eigenvalue weighted by Gasteiger charge is 2.33. The van der Waals surface area contributed by atoms with Crippen molar-refractivity contribution in [1.82, 2.24) is 4.90 Å². The van der Waals surface area contributed by atoms with E-state index >= 15 is 0 Å². The smallest absolute Gasteiger partial charge is 0.289 e. The van der Waals surface area contributed by atoms with Crippen molar-refractivity contribution in [3.8, 4) is 0 Å². The Hall–Kier alpha value is -1.34. The van der Waals surface area contributed by atoms with E-state index in [0.717, 1.165) is 12.8 Å². The van der Waals surface area contributed by atoms with Crippen LogP contribution in [0.2, 0.25) is 0 Å². The summed E-state index contributed by atoms with van der Waals surface area (Å²) in [5, 5.41) is 5.09. The molecule has 1 fully saturated rings. The molecular formula is C13H20N2O4S. The van der Waals surface area contributed by atoms with Crippen molar-refractivity contribution in [3.05, 3.63) is 17.6 Å². The molecular weight excluding hydrogens is 280 g/mol. The maximum atomic E-state index is 12.5. The molecule has 112 valence electrons. The Morgan fingerprint density at radius 2 is 2.15 bits per heavy atom. The number of hydrogen-bond donors (Lipinski definition) is 1. The standard InChI is InChI=1S/C13H20N2O4S/c1-8(2)10-5-4-6-15(10)13(16)11-7-12(9(3)19-11)20(14,17)18/h7-8,10H,4-6H2,1-3H3,(H2,14,17,18). The third-order valence-corrected chi connectivity index (χ3v) is 4.74. The summed E-state index contributed by atoms with van der Waals surface area (Å²) in [6, 6.07) is 1.40. The zero-order valence-electron chi connectivity index (χ0n) is 11.9. The van der Waals surface area contributed by atoms with Crippen LogP contribution in [-0.2, 0) is 10.0 Å². The van der Waals surface area contributed by atoms with E-state index < -0.39 is 10.0 Å². The molecule has 1 unspecified atom stereocenters. The molecule has 0 spiro atoms. The van der Waals surface area contributed by atoms with Crippen molar-refractivity contribution in [2.75, 3.05) is 6.54 Å². The molecule has 0 bridgehead atoms. The number of nitrogens with zero attached hydrogens (tertiary/aromatic N) is 1. The van der Waals surface area contributed by atoms with Crippen LogP contribution >= 0.6 is 0 Å².